The second kappa shape index (κ2) is 4.90. The SMILES string of the molecule is Cc1[nH]c2c(C)cccc2c1C1(CN)CCN(C)CC1. The van der Waals surface area contributed by atoms with Crippen LogP contribution in [-0.2, 0) is 5.41 Å². The summed E-state index contributed by atoms with van der Waals surface area (Å²) >= 11 is 0. The number of hydrogen-bond acceptors (Lipinski definition) is 2. The number of nitrogens with two attached hydrogens (primary N) is 1. The second-order valence-electron chi connectivity index (χ2n) is 6.41. The van der Waals surface area contributed by atoms with E-state index in [1.807, 2.05) is 0 Å². The van der Waals surface area contributed by atoms with E-state index >= 15 is 0 Å². The molecule has 0 atom stereocenters. The molecule has 0 spiro atoms. The molecule has 1 aromatic carbocycles. The highest BCUT2D eigenvalue weighted by Gasteiger charge is 2.37. The molecule has 1 saturated heterocycles. The summed E-state index contributed by atoms with van der Waals surface area (Å²) in [6, 6.07) is 6.58. The van der Waals surface area contributed by atoms with Gasteiger partial charge in [0.05, 0.1) is 0 Å². The van der Waals surface area contributed by atoms with Crippen LogP contribution in [0.15, 0.2) is 18.2 Å². The van der Waals surface area contributed by atoms with Crippen LogP contribution in [0.1, 0.15) is 29.7 Å². The van der Waals surface area contributed by atoms with Crippen molar-refractivity contribution < 1.29 is 0 Å². The van der Waals surface area contributed by atoms with Gasteiger partial charge in [0.2, 0.25) is 0 Å². The van der Waals surface area contributed by atoms with E-state index in [0.717, 1.165) is 32.5 Å². The Morgan fingerprint density at radius 3 is 2.60 bits per heavy atom. The van der Waals surface area contributed by atoms with Crippen LogP contribution in [-0.4, -0.2) is 36.6 Å². The lowest BCUT2D eigenvalue weighted by molar-refractivity contribution is 0.192. The van der Waals surface area contributed by atoms with Crippen molar-refractivity contribution in [3.8, 4) is 0 Å². The average Bonchev–Trinajstić information content (AvgIpc) is 2.79. The number of piperidine rings is 1. The summed E-state index contributed by atoms with van der Waals surface area (Å²) in [5, 5.41) is 1.37. The van der Waals surface area contributed by atoms with E-state index in [1.54, 1.807) is 0 Å². The Hall–Kier alpha value is -1.32. The highest BCUT2D eigenvalue weighted by molar-refractivity contribution is 5.88. The van der Waals surface area contributed by atoms with E-state index in [9.17, 15) is 0 Å². The quantitative estimate of drug-likeness (QED) is 0.882. The summed E-state index contributed by atoms with van der Waals surface area (Å²) < 4.78 is 0. The summed E-state index contributed by atoms with van der Waals surface area (Å²) in [5.41, 5.74) is 11.7. The van der Waals surface area contributed by atoms with Gasteiger partial charge >= 0.3 is 0 Å². The molecule has 3 heteroatoms. The number of rotatable bonds is 2. The Labute approximate surface area is 121 Å². The number of hydrogen-bond donors (Lipinski definition) is 2. The highest BCUT2D eigenvalue weighted by Crippen LogP contribution is 2.40. The van der Waals surface area contributed by atoms with Gasteiger partial charge in [0.25, 0.3) is 0 Å². The molecule has 2 aromatic rings. The molecule has 0 radical (unpaired) electrons. The predicted molar refractivity (Wildman–Crippen MR) is 85.2 cm³/mol. The standard InChI is InChI=1S/C17H25N3/c1-12-5-4-6-14-15(13(2)19-16(12)14)17(11-18)7-9-20(3)10-8-17/h4-6,19H,7-11,18H2,1-3H3. The van der Waals surface area contributed by atoms with Gasteiger partial charge < -0.3 is 15.6 Å². The third-order valence-corrected chi connectivity index (χ3v) is 5.09. The first-order valence-electron chi connectivity index (χ1n) is 7.54. The molecule has 3 N–H and O–H groups in total. The van der Waals surface area contributed by atoms with Gasteiger partial charge in [-0.1, -0.05) is 18.2 Å². The number of para-hydroxylation sites is 1. The van der Waals surface area contributed by atoms with Gasteiger partial charge in [-0.2, -0.15) is 0 Å². The summed E-state index contributed by atoms with van der Waals surface area (Å²) in [6.07, 6.45) is 2.31. The molecule has 0 saturated carbocycles. The normalized spacial score (nSPS) is 19.6. The first-order valence-corrected chi connectivity index (χ1v) is 7.54. The van der Waals surface area contributed by atoms with Gasteiger partial charge in [0.1, 0.15) is 0 Å². The number of nitrogens with one attached hydrogen (secondary N) is 1. The number of fused-ring (bicyclic) bond motifs is 1. The van der Waals surface area contributed by atoms with Crippen molar-refractivity contribution in [3.63, 3.8) is 0 Å². The van der Waals surface area contributed by atoms with E-state index in [2.05, 4.69) is 49.0 Å². The molecule has 0 aliphatic carbocycles. The lowest BCUT2D eigenvalue weighted by Gasteiger charge is -2.40. The van der Waals surface area contributed by atoms with Gasteiger partial charge in [0.15, 0.2) is 0 Å². The van der Waals surface area contributed by atoms with Crippen LogP contribution in [0.25, 0.3) is 10.9 Å². The summed E-state index contributed by atoms with van der Waals surface area (Å²) in [6.45, 7) is 7.38. The maximum absolute atomic E-state index is 6.24. The molecule has 108 valence electrons. The number of H-pyrrole nitrogens is 1. The fourth-order valence-corrected chi connectivity index (χ4v) is 3.78. The van der Waals surface area contributed by atoms with Gasteiger partial charge in [-0.25, -0.2) is 0 Å². The minimum absolute atomic E-state index is 0.142. The van der Waals surface area contributed by atoms with Crippen molar-refractivity contribution in [2.75, 3.05) is 26.7 Å². The Morgan fingerprint density at radius 1 is 1.25 bits per heavy atom. The summed E-state index contributed by atoms with van der Waals surface area (Å²) in [4.78, 5) is 6.00. The largest absolute Gasteiger partial charge is 0.358 e. The van der Waals surface area contributed by atoms with Crippen LogP contribution in [0.2, 0.25) is 0 Å². The molecule has 3 rings (SSSR count). The third-order valence-electron chi connectivity index (χ3n) is 5.09. The average molecular weight is 271 g/mol. The molecule has 1 aromatic heterocycles. The zero-order valence-electron chi connectivity index (χ0n) is 12.8. The number of benzene rings is 1. The maximum Gasteiger partial charge on any atom is 0.0488 e. The predicted octanol–water partition coefficient (Wildman–Crippen LogP) is 2.71. The molecule has 2 heterocycles. The van der Waals surface area contributed by atoms with Crippen molar-refractivity contribution in [3.05, 3.63) is 35.0 Å². The number of aromatic nitrogens is 1. The molecule has 0 unspecified atom stereocenters. The van der Waals surface area contributed by atoms with Gasteiger partial charge in [-0.05, 0) is 58.0 Å². The first-order chi connectivity index (χ1) is 9.57. The number of likely N-dealkylation sites (tertiary alicyclic amines) is 1. The Morgan fingerprint density at radius 2 is 1.95 bits per heavy atom. The van der Waals surface area contributed by atoms with Crippen molar-refractivity contribution >= 4 is 10.9 Å². The van der Waals surface area contributed by atoms with Crippen LogP contribution >= 0.6 is 0 Å². The molecule has 1 aliphatic rings. The Bertz CT molecular complexity index is 618. The van der Waals surface area contributed by atoms with E-state index in [0.29, 0.717) is 0 Å². The van der Waals surface area contributed by atoms with Crippen molar-refractivity contribution in [1.29, 1.82) is 0 Å². The zero-order chi connectivity index (χ0) is 14.3. The van der Waals surface area contributed by atoms with Gasteiger partial charge in [-0.3, -0.25) is 0 Å². The highest BCUT2D eigenvalue weighted by atomic mass is 15.1. The van der Waals surface area contributed by atoms with Gasteiger partial charge in [0, 0.05) is 28.6 Å². The number of nitrogens with zero attached hydrogens (tertiary/aromatic N) is 1. The topological polar surface area (TPSA) is 45.1 Å². The van der Waals surface area contributed by atoms with E-state index in [-0.39, 0.29) is 5.41 Å². The van der Waals surface area contributed by atoms with E-state index in [1.165, 1.54) is 27.7 Å². The lowest BCUT2D eigenvalue weighted by Crippen LogP contribution is -2.45. The van der Waals surface area contributed by atoms with Crippen molar-refractivity contribution in [2.24, 2.45) is 5.73 Å². The van der Waals surface area contributed by atoms with Crippen LogP contribution in [0.5, 0.6) is 0 Å². The van der Waals surface area contributed by atoms with Gasteiger partial charge in [-0.15, -0.1) is 0 Å². The maximum atomic E-state index is 6.24. The molecule has 1 fully saturated rings. The molecule has 3 nitrogen and oxygen atoms in total. The molecule has 0 amide bonds. The van der Waals surface area contributed by atoms with Crippen molar-refractivity contribution in [1.82, 2.24) is 9.88 Å². The van der Waals surface area contributed by atoms with Crippen LogP contribution in [0.3, 0.4) is 0 Å². The monoisotopic (exact) mass is 271 g/mol. The van der Waals surface area contributed by atoms with Crippen LogP contribution < -0.4 is 5.73 Å². The number of aryl methyl sites for hydroxylation is 2. The summed E-state index contributed by atoms with van der Waals surface area (Å²) in [7, 11) is 2.20. The van der Waals surface area contributed by atoms with E-state index < -0.39 is 0 Å². The molecular formula is C17H25N3. The number of aromatic amines is 1. The van der Waals surface area contributed by atoms with Crippen molar-refractivity contribution in [2.45, 2.75) is 32.1 Å². The zero-order valence-corrected chi connectivity index (χ0v) is 12.8. The fraction of sp³-hybridized carbons (Fsp3) is 0.529. The van der Waals surface area contributed by atoms with Crippen LogP contribution in [0.4, 0.5) is 0 Å². The molecule has 0 bridgehead atoms. The molecule has 20 heavy (non-hydrogen) atoms. The lowest BCUT2D eigenvalue weighted by atomic mass is 9.71. The Balaban J connectivity index is 2.17. The van der Waals surface area contributed by atoms with E-state index in [4.69, 9.17) is 5.73 Å². The second-order valence-corrected chi connectivity index (χ2v) is 6.41. The molecular weight excluding hydrogens is 246 g/mol. The smallest absolute Gasteiger partial charge is 0.0488 e. The third kappa shape index (κ3) is 1.97. The minimum Gasteiger partial charge on any atom is -0.358 e. The summed E-state index contributed by atoms with van der Waals surface area (Å²) in [5.74, 6) is 0. The van der Waals surface area contributed by atoms with Crippen LogP contribution in [0, 0.1) is 13.8 Å². The molecule has 1 aliphatic heterocycles. The minimum atomic E-state index is 0.142. The fourth-order valence-electron chi connectivity index (χ4n) is 3.78. The Kier molecular flexibility index (Phi) is 3.35. The first kappa shape index (κ1) is 13.7.